The van der Waals surface area contributed by atoms with E-state index < -0.39 is 29.9 Å². The van der Waals surface area contributed by atoms with E-state index in [1.165, 1.54) is 4.90 Å². The SMILES string of the molecule is CC(C)NC(=O)N1CCN(C(=O)c2ccc(N(C)C)cc2)CC1C(=O)NC(Cc1c[nH]c2ccccc12)C(N)=O. The lowest BCUT2D eigenvalue weighted by Crippen LogP contribution is -2.65. The van der Waals surface area contributed by atoms with Crippen LogP contribution in [0.4, 0.5) is 10.5 Å². The summed E-state index contributed by atoms with van der Waals surface area (Å²) >= 11 is 0. The molecular formula is C29H37N7O4. The number of anilines is 1. The van der Waals surface area contributed by atoms with Crippen molar-refractivity contribution in [1.82, 2.24) is 25.4 Å². The van der Waals surface area contributed by atoms with Crippen LogP contribution in [0, 0.1) is 0 Å². The standard InChI is InChI=1S/C29H37N7O4/c1-18(2)32-29(40)36-14-13-35(28(39)19-9-11-21(12-10-19)34(3)4)17-25(36)27(38)33-24(26(30)37)15-20-16-31-23-8-6-5-7-22(20)23/h5-12,16,18,24-25,31H,13-15,17H2,1-4H3,(H2,30,37)(H,32,40)(H,33,38). The molecule has 2 unspecified atom stereocenters. The Labute approximate surface area is 233 Å². The third-order valence-electron chi connectivity index (χ3n) is 7.03. The Hall–Kier alpha value is -4.54. The lowest BCUT2D eigenvalue weighted by Gasteiger charge is -2.41. The Balaban J connectivity index is 1.54. The van der Waals surface area contributed by atoms with Crippen LogP contribution >= 0.6 is 0 Å². The van der Waals surface area contributed by atoms with Crippen LogP contribution in [-0.2, 0) is 16.0 Å². The van der Waals surface area contributed by atoms with Gasteiger partial charge in [0, 0.05) is 68.0 Å². The second kappa shape index (κ2) is 12.1. The Morgan fingerprint density at radius 1 is 1.02 bits per heavy atom. The maximum absolute atomic E-state index is 13.6. The highest BCUT2D eigenvalue weighted by Crippen LogP contribution is 2.20. The number of H-pyrrole nitrogens is 1. The van der Waals surface area contributed by atoms with Crippen LogP contribution in [0.25, 0.3) is 10.9 Å². The van der Waals surface area contributed by atoms with Crippen LogP contribution < -0.4 is 21.3 Å². The van der Waals surface area contributed by atoms with Gasteiger partial charge in [0.15, 0.2) is 0 Å². The number of aromatic nitrogens is 1. The lowest BCUT2D eigenvalue weighted by molar-refractivity contribution is -0.131. The molecule has 1 aliphatic rings. The number of carbonyl (C=O) groups excluding carboxylic acids is 4. The van der Waals surface area contributed by atoms with Gasteiger partial charge in [-0.15, -0.1) is 0 Å². The first-order chi connectivity index (χ1) is 19.0. The van der Waals surface area contributed by atoms with Crippen molar-refractivity contribution in [3.05, 3.63) is 65.9 Å². The molecule has 1 aromatic heterocycles. The van der Waals surface area contributed by atoms with E-state index in [4.69, 9.17) is 5.73 Å². The molecule has 11 nitrogen and oxygen atoms in total. The monoisotopic (exact) mass is 547 g/mol. The fourth-order valence-electron chi connectivity index (χ4n) is 4.86. The summed E-state index contributed by atoms with van der Waals surface area (Å²) in [6, 6.07) is 12.3. The number of urea groups is 1. The molecule has 3 aromatic rings. The molecule has 0 bridgehead atoms. The third-order valence-corrected chi connectivity index (χ3v) is 7.03. The van der Waals surface area contributed by atoms with E-state index in [2.05, 4.69) is 15.6 Å². The van der Waals surface area contributed by atoms with Crippen LogP contribution in [0.1, 0.15) is 29.8 Å². The van der Waals surface area contributed by atoms with Crippen LogP contribution in [0.2, 0.25) is 0 Å². The minimum atomic E-state index is -1.01. The number of primary amides is 1. The summed E-state index contributed by atoms with van der Waals surface area (Å²) < 4.78 is 0. The van der Waals surface area contributed by atoms with Crippen molar-refractivity contribution >= 4 is 40.3 Å². The van der Waals surface area contributed by atoms with E-state index in [-0.39, 0.29) is 38.0 Å². The van der Waals surface area contributed by atoms with Gasteiger partial charge in [0.1, 0.15) is 12.1 Å². The van der Waals surface area contributed by atoms with E-state index in [1.807, 2.05) is 69.2 Å². The molecule has 2 aromatic carbocycles. The minimum Gasteiger partial charge on any atom is -0.378 e. The minimum absolute atomic E-state index is 0.0236. The Bertz CT molecular complexity index is 1380. The van der Waals surface area contributed by atoms with Crippen molar-refractivity contribution < 1.29 is 19.2 Å². The summed E-state index contributed by atoms with van der Waals surface area (Å²) in [6.45, 7) is 4.05. The molecule has 0 aliphatic carbocycles. The van der Waals surface area contributed by atoms with Gasteiger partial charge in [-0.25, -0.2) is 4.79 Å². The normalized spacial score (nSPS) is 16.1. The van der Waals surface area contributed by atoms with Crippen molar-refractivity contribution in [2.75, 3.05) is 38.6 Å². The molecule has 5 amide bonds. The number of fused-ring (bicyclic) bond motifs is 1. The zero-order valence-electron chi connectivity index (χ0n) is 23.3. The van der Waals surface area contributed by atoms with Crippen LogP contribution in [-0.4, -0.2) is 90.4 Å². The highest BCUT2D eigenvalue weighted by molar-refractivity contribution is 5.97. The first-order valence-corrected chi connectivity index (χ1v) is 13.3. The molecule has 40 heavy (non-hydrogen) atoms. The molecule has 0 spiro atoms. The molecule has 4 rings (SSSR count). The number of carbonyl (C=O) groups is 4. The molecule has 212 valence electrons. The number of benzene rings is 2. The van der Waals surface area contributed by atoms with Crippen molar-refractivity contribution in [3.63, 3.8) is 0 Å². The predicted molar refractivity (Wildman–Crippen MR) is 154 cm³/mol. The van der Waals surface area contributed by atoms with Gasteiger partial charge < -0.3 is 36.1 Å². The maximum Gasteiger partial charge on any atom is 0.318 e. The Morgan fingerprint density at radius 3 is 2.38 bits per heavy atom. The zero-order chi connectivity index (χ0) is 29.0. The number of aromatic amines is 1. The largest absolute Gasteiger partial charge is 0.378 e. The van der Waals surface area contributed by atoms with E-state index >= 15 is 0 Å². The van der Waals surface area contributed by atoms with Crippen molar-refractivity contribution in [3.8, 4) is 0 Å². The number of hydrogen-bond donors (Lipinski definition) is 4. The van der Waals surface area contributed by atoms with Gasteiger partial charge in [-0.3, -0.25) is 14.4 Å². The summed E-state index contributed by atoms with van der Waals surface area (Å²) in [5, 5.41) is 6.51. The second-order valence-electron chi connectivity index (χ2n) is 10.5. The van der Waals surface area contributed by atoms with Gasteiger partial charge in [-0.1, -0.05) is 18.2 Å². The maximum atomic E-state index is 13.6. The van der Waals surface area contributed by atoms with Crippen molar-refractivity contribution in [1.29, 1.82) is 0 Å². The quantitative estimate of drug-likeness (QED) is 0.339. The fraction of sp³-hybridized carbons (Fsp3) is 0.379. The van der Waals surface area contributed by atoms with E-state index in [0.717, 1.165) is 22.2 Å². The summed E-state index contributed by atoms with van der Waals surface area (Å²) in [5.41, 5.74) is 8.87. The number of piperazine rings is 1. The molecule has 2 atom stereocenters. The number of amides is 5. The number of nitrogens with two attached hydrogens (primary N) is 1. The second-order valence-corrected chi connectivity index (χ2v) is 10.5. The average molecular weight is 548 g/mol. The summed E-state index contributed by atoms with van der Waals surface area (Å²) in [7, 11) is 3.83. The molecule has 1 aliphatic heterocycles. The first-order valence-electron chi connectivity index (χ1n) is 13.3. The van der Waals surface area contributed by atoms with Crippen LogP contribution in [0.15, 0.2) is 54.7 Å². The van der Waals surface area contributed by atoms with Gasteiger partial charge in [0.05, 0.1) is 6.54 Å². The van der Waals surface area contributed by atoms with E-state index in [0.29, 0.717) is 5.56 Å². The topological polar surface area (TPSA) is 144 Å². The molecule has 1 saturated heterocycles. The van der Waals surface area contributed by atoms with E-state index in [9.17, 15) is 19.2 Å². The number of rotatable bonds is 8. The average Bonchev–Trinajstić information content (AvgIpc) is 3.34. The highest BCUT2D eigenvalue weighted by Gasteiger charge is 2.38. The smallest absolute Gasteiger partial charge is 0.318 e. The van der Waals surface area contributed by atoms with Gasteiger partial charge >= 0.3 is 6.03 Å². The number of hydrogen-bond acceptors (Lipinski definition) is 5. The number of nitrogens with one attached hydrogen (secondary N) is 3. The molecule has 0 radical (unpaired) electrons. The van der Waals surface area contributed by atoms with Crippen LogP contribution in [0.3, 0.4) is 0 Å². The predicted octanol–water partition coefficient (Wildman–Crippen LogP) is 1.69. The third kappa shape index (κ3) is 6.36. The number of nitrogens with zero attached hydrogens (tertiary/aromatic N) is 3. The van der Waals surface area contributed by atoms with Gasteiger partial charge in [-0.2, -0.15) is 0 Å². The molecule has 1 fully saturated rings. The summed E-state index contributed by atoms with van der Waals surface area (Å²) in [5.74, 6) is -1.48. The molecule has 0 saturated carbocycles. The lowest BCUT2D eigenvalue weighted by atomic mass is 10.0. The number of para-hydroxylation sites is 1. The summed E-state index contributed by atoms with van der Waals surface area (Å²) in [6.07, 6.45) is 1.97. The Morgan fingerprint density at radius 2 is 1.73 bits per heavy atom. The Kier molecular flexibility index (Phi) is 8.61. The van der Waals surface area contributed by atoms with Gasteiger partial charge in [-0.05, 0) is 49.7 Å². The van der Waals surface area contributed by atoms with E-state index in [1.54, 1.807) is 23.2 Å². The molecule has 2 heterocycles. The van der Waals surface area contributed by atoms with Crippen molar-refractivity contribution in [2.24, 2.45) is 5.73 Å². The van der Waals surface area contributed by atoms with Gasteiger partial charge in [0.25, 0.3) is 5.91 Å². The highest BCUT2D eigenvalue weighted by atomic mass is 16.2. The summed E-state index contributed by atoms with van der Waals surface area (Å²) in [4.78, 5) is 60.5. The van der Waals surface area contributed by atoms with Crippen LogP contribution in [0.5, 0.6) is 0 Å². The van der Waals surface area contributed by atoms with Crippen molar-refractivity contribution in [2.45, 2.75) is 38.4 Å². The zero-order valence-corrected chi connectivity index (χ0v) is 23.3. The first kappa shape index (κ1) is 28.5. The van der Waals surface area contributed by atoms with Gasteiger partial charge in [0.2, 0.25) is 11.8 Å². The fourth-order valence-corrected chi connectivity index (χ4v) is 4.86. The molecule has 11 heteroatoms. The molecule has 5 N–H and O–H groups in total. The molecular weight excluding hydrogens is 510 g/mol.